The topological polar surface area (TPSA) is 38.8 Å². The molecule has 2 heterocycles. The number of nitrogens with zero attached hydrogens (tertiary/aromatic N) is 3. The van der Waals surface area contributed by atoms with Gasteiger partial charge in [-0.25, -0.2) is 4.79 Å². The molecule has 1 aliphatic carbocycles. The molecule has 0 unspecified atom stereocenters. The molecule has 0 atom stereocenters. The van der Waals surface area contributed by atoms with Gasteiger partial charge in [-0.3, -0.25) is 4.90 Å². The van der Waals surface area contributed by atoms with Crippen molar-refractivity contribution in [3.63, 3.8) is 0 Å². The Morgan fingerprint density at radius 1 is 1.04 bits per heavy atom. The third-order valence-electron chi connectivity index (χ3n) is 6.31. The Labute approximate surface area is 157 Å². The maximum absolute atomic E-state index is 12.4. The van der Waals surface area contributed by atoms with E-state index in [4.69, 9.17) is 0 Å². The van der Waals surface area contributed by atoms with Gasteiger partial charge in [-0.05, 0) is 37.3 Å². The zero-order valence-electron chi connectivity index (χ0n) is 15.8. The molecule has 3 aliphatic rings. The minimum absolute atomic E-state index is 0.123. The van der Waals surface area contributed by atoms with E-state index < -0.39 is 0 Å². The van der Waals surface area contributed by atoms with E-state index in [9.17, 15) is 4.79 Å². The Morgan fingerprint density at radius 2 is 1.81 bits per heavy atom. The number of piperazine rings is 1. The molecule has 1 N–H and O–H groups in total. The summed E-state index contributed by atoms with van der Waals surface area (Å²) in [7, 11) is 0. The molecule has 5 heteroatoms. The van der Waals surface area contributed by atoms with Gasteiger partial charge in [-0.1, -0.05) is 31.0 Å². The quantitative estimate of drug-likeness (QED) is 0.825. The van der Waals surface area contributed by atoms with Gasteiger partial charge in [0.1, 0.15) is 0 Å². The molecule has 2 fully saturated rings. The summed E-state index contributed by atoms with van der Waals surface area (Å²) in [5.41, 5.74) is 2.83. The molecule has 0 aromatic heterocycles. The monoisotopic (exact) mass is 356 g/mol. The molecule has 0 bridgehead atoms. The second kappa shape index (κ2) is 8.30. The van der Waals surface area contributed by atoms with E-state index in [1.807, 2.05) is 4.90 Å². The number of hydrogen-bond donors (Lipinski definition) is 1. The highest BCUT2D eigenvalue weighted by Crippen LogP contribution is 2.27. The van der Waals surface area contributed by atoms with Crippen LogP contribution in [0, 0.1) is 0 Å². The highest BCUT2D eigenvalue weighted by Gasteiger charge is 2.27. The molecule has 5 nitrogen and oxygen atoms in total. The lowest BCUT2D eigenvalue weighted by Crippen LogP contribution is -2.53. The second-order valence-electron chi connectivity index (χ2n) is 7.91. The van der Waals surface area contributed by atoms with Crippen molar-refractivity contribution in [1.29, 1.82) is 0 Å². The van der Waals surface area contributed by atoms with E-state index in [0.29, 0.717) is 0 Å². The van der Waals surface area contributed by atoms with Gasteiger partial charge in [0.25, 0.3) is 0 Å². The van der Waals surface area contributed by atoms with Crippen LogP contribution >= 0.6 is 0 Å². The van der Waals surface area contributed by atoms with Crippen molar-refractivity contribution in [1.82, 2.24) is 15.1 Å². The summed E-state index contributed by atoms with van der Waals surface area (Å²) < 4.78 is 0. The Bertz CT molecular complexity index is 606. The summed E-state index contributed by atoms with van der Waals surface area (Å²) in [6.45, 7) is 6.73. The number of rotatable bonds is 5. The molecule has 26 heavy (non-hydrogen) atoms. The van der Waals surface area contributed by atoms with Gasteiger partial charge in [0.15, 0.2) is 0 Å². The van der Waals surface area contributed by atoms with E-state index in [1.165, 1.54) is 36.9 Å². The van der Waals surface area contributed by atoms with Crippen molar-refractivity contribution >= 4 is 11.7 Å². The average Bonchev–Trinajstić information content (AvgIpc) is 3.35. The maximum atomic E-state index is 12.4. The lowest BCUT2D eigenvalue weighted by molar-refractivity contribution is 0.110. The molecule has 1 saturated carbocycles. The highest BCUT2D eigenvalue weighted by atomic mass is 16.2. The van der Waals surface area contributed by atoms with Gasteiger partial charge in [-0.15, -0.1) is 0 Å². The molecule has 2 aliphatic heterocycles. The summed E-state index contributed by atoms with van der Waals surface area (Å²) >= 11 is 0. The molecule has 1 aromatic rings. The summed E-state index contributed by atoms with van der Waals surface area (Å²) in [5.74, 6) is 0. The Hall–Kier alpha value is -1.75. The number of anilines is 1. The molecule has 4 rings (SSSR count). The average molecular weight is 357 g/mol. The van der Waals surface area contributed by atoms with E-state index in [2.05, 4.69) is 39.4 Å². The summed E-state index contributed by atoms with van der Waals surface area (Å²) in [5, 5.41) is 3.13. The lowest BCUT2D eigenvalue weighted by atomic mass is 10.2. The van der Waals surface area contributed by atoms with E-state index >= 15 is 0 Å². The second-order valence-corrected chi connectivity index (χ2v) is 7.91. The molecule has 0 spiro atoms. The minimum atomic E-state index is 0.123. The van der Waals surface area contributed by atoms with Crippen molar-refractivity contribution in [2.24, 2.45) is 0 Å². The number of urea groups is 1. The number of benzene rings is 1. The number of carbonyl (C=O) groups excluding carboxylic acids is 1. The van der Waals surface area contributed by atoms with Crippen molar-refractivity contribution in [2.45, 2.75) is 44.6 Å². The van der Waals surface area contributed by atoms with Crippen LogP contribution in [-0.4, -0.2) is 67.7 Å². The van der Waals surface area contributed by atoms with Crippen LogP contribution < -0.4 is 10.2 Å². The highest BCUT2D eigenvalue weighted by molar-refractivity contribution is 5.74. The van der Waals surface area contributed by atoms with E-state index in [0.717, 1.165) is 64.7 Å². The fourth-order valence-corrected chi connectivity index (χ4v) is 4.78. The summed E-state index contributed by atoms with van der Waals surface area (Å²) in [4.78, 5) is 19.4. The SMILES string of the molecule is O=C(NCCCN1CCc2ccccc21)N1CCN(C2CCCC2)CC1. The molecule has 142 valence electrons. The maximum Gasteiger partial charge on any atom is 0.317 e. The minimum Gasteiger partial charge on any atom is -0.371 e. The van der Waals surface area contributed by atoms with Crippen LogP contribution in [-0.2, 0) is 6.42 Å². The summed E-state index contributed by atoms with van der Waals surface area (Å²) in [6, 6.07) is 9.58. The van der Waals surface area contributed by atoms with Gasteiger partial charge >= 0.3 is 6.03 Å². The van der Waals surface area contributed by atoms with Crippen molar-refractivity contribution in [3.05, 3.63) is 29.8 Å². The van der Waals surface area contributed by atoms with Crippen LogP contribution in [0.25, 0.3) is 0 Å². The zero-order chi connectivity index (χ0) is 17.8. The van der Waals surface area contributed by atoms with Crippen molar-refractivity contribution in [2.75, 3.05) is 50.7 Å². The number of hydrogen-bond acceptors (Lipinski definition) is 3. The molecule has 1 aromatic carbocycles. The Morgan fingerprint density at radius 3 is 2.62 bits per heavy atom. The standard InChI is InChI=1S/C21H32N4O/c26-21(25-16-14-23(15-17-25)19-7-2-3-8-19)22-11-5-12-24-13-10-18-6-1-4-9-20(18)24/h1,4,6,9,19H,2-3,5,7-8,10-17H2,(H,22,26). The molecular formula is C21H32N4O. The fraction of sp³-hybridized carbons (Fsp3) is 0.667. The first-order chi connectivity index (χ1) is 12.8. The van der Waals surface area contributed by atoms with Gasteiger partial charge in [0, 0.05) is 57.5 Å². The molecule has 0 radical (unpaired) electrons. The smallest absolute Gasteiger partial charge is 0.317 e. The van der Waals surface area contributed by atoms with Crippen LogP contribution in [0.4, 0.5) is 10.5 Å². The first kappa shape index (κ1) is 17.7. The Balaban J connectivity index is 1.14. The number of amides is 2. The first-order valence-corrected chi connectivity index (χ1v) is 10.4. The van der Waals surface area contributed by atoms with Crippen LogP contribution in [0.1, 0.15) is 37.7 Å². The van der Waals surface area contributed by atoms with Crippen molar-refractivity contribution in [3.8, 4) is 0 Å². The number of fused-ring (bicyclic) bond motifs is 1. The molecular weight excluding hydrogens is 324 g/mol. The van der Waals surface area contributed by atoms with Gasteiger partial charge in [0.05, 0.1) is 0 Å². The van der Waals surface area contributed by atoms with Gasteiger partial charge in [0.2, 0.25) is 0 Å². The normalized spacial score (nSPS) is 21.2. The zero-order valence-corrected chi connectivity index (χ0v) is 15.8. The Kier molecular flexibility index (Phi) is 5.63. The first-order valence-electron chi connectivity index (χ1n) is 10.4. The van der Waals surface area contributed by atoms with Crippen LogP contribution in [0.5, 0.6) is 0 Å². The predicted octanol–water partition coefficient (Wildman–Crippen LogP) is 2.71. The predicted molar refractivity (Wildman–Crippen MR) is 106 cm³/mol. The lowest BCUT2D eigenvalue weighted by Gasteiger charge is -2.38. The number of nitrogens with one attached hydrogen (secondary N) is 1. The largest absolute Gasteiger partial charge is 0.371 e. The van der Waals surface area contributed by atoms with Gasteiger partial charge < -0.3 is 15.1 Å². The number of para-hydroxylation sites is 1. The van der Waals surface area contributed by atoms with Crippen LogP contribution in [0.2, 0.25) is 0 Å². The fourth-order valence-electron chi connectivity index (χ4n) is 4.78. The summed E-state index contributed by atoms with van der Waals surface area (Å²) in [6.07, 6.45) is 7.62. The van der Waals surface area contributed by atoms with Crippen LogP contribution in [0.3, 0.4) is 0 Å². The number of carbonyl (C=O) groups is 1. The van der Waals surface area contributed by atoms with Crippen LogP contribution in [0.15, 0.2) is 24.3 Å². The van der Waals surface area contributed by atoms with E-state index in [1.54, 1.807) is 0 Å². The molecule has 1 saturated heterocycles. The van der Waals surface area contributed by atoms with Crippen molar-refractivity contribution < 1.29 is 4.79 Å². The van der Waals surface area contributed by atoms with Gasteiger partial charge in [-0.2, -0.15) is 0 Å². The molecule has 2 amide bonds. The van der Waals surface area contributed by atoms with E-state index in [-0.39, 0.29) is 6.03 Å². The third-order valence-corrected chi connectivity index (χ3v) is 6.31. The third kappa shape index (κ3) is 3.98.